The van der Waals surface area contributed by atoms with Gasteiger partial charge < -0.3 is 4.74 Å². The molecule has 0 aliphatic rings. The maximum absolute atomic E-state index is 5.13. The minimum Gasteiger partial charge on any atom is -0.463 e. The zero-order chi connectivity index (χ0) is 9.40. The zero-order valence-corrected chi connectivity index (χ0v) is 9.46. The van der Waals surface area contributed by atoms with Crippen LogP contribution in [0.1, 0.15) is 26.7 Å². The van der Waals surface area contributed by atoms with Gasteiger partial charge in [0.05, 0.1) is 0 Å². The summed E-state index contributed by atoms with van der Waals surface area (Å²) in [6, 6.07) is 0. The molecular formula is C8H17NOS2. The van der Waals surface area contributed by atoms with Gasteiger partial charge in [-0.3, -0.25) is 4.90 Å². The number of thiocarbonyl (C=S) groups is 1. The van der Waals surface area contributed by atoms with Crippen molar-refractivity contribution in [3.05, 3.63) is 0 Å². The molecule has 0 fully saturated rings. The van der Waals surface area contributed by atoms with E-state index in [1.807, 2.05) is 0 Å². The van der Waals surface area contributed by atoms with E-state index >= 15 is 0 Å². The molecule has 0 aromatic rings. The first kappa shape index (κ1) is 12.2. The quantitative estimate of drug-likeness (QED) is 0.408. The monoisotopic (exact) mass is 207 g/mol. The summed E-state index contributed by atoms with van der Waals surface area (Å²) in [4.78, 5) is 2.22. The Morgan fingerprint density at radius 2 is 1.83 bits per heavy atom. The van der Waals surface area contributed by atoms with Crippen molar-refractivity contribution in [1.29, 1.82) is 0 Å². The lowest BCUT2D eigenvalue weighted by Crippen LogP contribution is -2.28. The molecule has 72 valence electrons. The highest BCUT2D eigenvalue weighted by Crippen LogP contribution is 1.96. The Hall–Kier alpha value is 0.200. The van der Waals surface area contributed by atoms with E-state index in [1.165, 1.54) is 0 Å². The SMILES string of the molecule is CCCN(CCC)COC(=S)S. The van der Waals surface area contributed by atoms with Gasteiger partial charge in [0.25, 0.3) is 0 Å². The van der Waals surface area contributed by atoms with E-state index in [1.54, 1.807) is 0 Å². The van der Waals surface area contributed by atoms with Gasteiger partial charge in [0, 0.05) is 13.1 Å². The number of ether oxygens (including phenoxy) is 1. The summed E-state index contributed by atoms with van der Waals surface area (Å²) in [7, 11) is 0. The fraction of sp³-hybridized carbons (Fsp3) is 0.875. The predicted octanol–water partition coefficient (Wildman–Crippen LogP) is 2.30. The first-order valence-corrected chi connectivity index (χ1v) is 5.14. The van der Waals surface area contributed by atoms with Gasteiger partial charge in [-0.15, -0.1) is 0 Å². The highest BCUT2D eigenvalue weighted by molar-refractivity contribution is 8.10. The average Bonchev–Trinajstić information content (AvgIpc) is 2.01. The van der Waals surface area contributed by atoms with E-state index in [2.05, 4.69) is 31.4 Å². The van der Waals surface area contributed by atoms with E-state index in [-0.39, 0.29) is 0 Å². The summed E-state index contributed by atoms with van der Waals surface area (Å²) in [6.07, 6.45) is 2.28. The molecule has 0 unspecified atom stereocenters. The molecule has 0 saturated heterocycles. The second-order valence-corrected chi connectivity index (χ2v) is 3.74. The zero-order valence-electron chi connectivity index (χ0n) is 7.75. The third-order valence-electron chi connectivity index (χ3n) is 1.45. The molecule has 4 heteroatoms. The number of hydrogen-bond acceptors (Lipinski definition) is 3. The average molecular weight is 207 g/mol. The summed E-state index contributed by atoms with van der Waals surface area (Å²) in [5, 5.41) is 0. The molecule has 12 heavy (non-hydrogen) atoms. The number of thiol groups is 1. The third-order valence-corrected chi connectivity index (χ3v) is 1.70. The van der Waals surface area contributed by atoms with E-state index in [0.717, 1.165) is 25.9 Å². The Morgan fingerprint density at radius 1 is 1.33 bits per heavy atom. The van der Waals surface area contributed by atoms with Crippen LogP contribution in [0, 0.1) is 0 Å². The van der Waals surface area contributed by atoms with Crippen LogP contribution in [-0.4, -0.2) is 29.1 Å². The summed E-state index contributed by atoms with van der Waals surface area (Å²) in [6.45, 7) is 7.00. The van der Waals surface area contributed by atoms with E-state index in [0.29, 0.717) is 11.1 Å². The van der Waals surface area contributed by atoms with Crippen molar-refractivity contribution in [2.75, 3.05) is 19.8 Å². The molecule has 0 spiro atoms. The molecule has 0 aliphatic heterocycles. The molecule has 0 aliphatic carbocycles. The largest absolute Gasteiger partial charge is 0.463 e. The summed E-state index contributed by atoms with van der Waals surface area (Å²) in [5.74, 6) is 0. The van der Waals surface area contributed by atoms with Gasteiger partial charge in [-0.25, -0.2) is 0 Å². The van der Waals surface area contributed by atoms with Crippen molar-refractivity contribution < 1.29 is 4.74 Å². The fourth-order valence-electron chi connectivity index (χ4n) is 1.02. The Balaban J connectivity index is 3.54. The van der Waals surface area contributed by atoms with Gasteiger partial charge in [-0.2, -0.15) is 0 Å². The smallest absolute Gasteiger partial charge is 0.218 e. The van der Waals surface area contributed by atoms with Crippen LogP contribution in [0.3, 0.4) is 0 Å². The van der Waals surface area contributed by atoms with Crippen molar-refractivity contribution in [2.45, 2.75) is 26.7 Å². The molecule has 0 radical (unpaired) electrons. The van der Waals surface area contributed by atoms with Gasteiger partial charge in [0.15, 0.2) is 0 Å². The van der Waals surface area contributed by atoms with E-state index in [4.69, 9.17) is 17.0 Å². The summed E-state index contributed by atoms with van der Waals surface area (Å²) >= 11 is 8.59. The van der Waals surface area contributed by atoms with Crippen LogP contribution in [0.2, 0.25) is 0 Å². The Kier molecular flexibility index (Phi) is 7.96. The molecule has 0 aromatic heterocycles. The second-order valence-electron chi connectivity index (χ2n) is 2.66. The minimum absolute atomic E-state index is 0.326. The van der Waals surface area contributed by atoms with Crippen molar-refractivity contribution in [1.82, 2.24) is 4.90 Å². The van der Waals surface area contributed by atoms with Crippen LogP contribution in [0.5, 0.6) is 0 Å². The highest BCUT2D eigenvalue weighted by atomic mass is 32.1. The van der Waals surface area contributed by atoms with Gasteiger partial charge in [-0.05, 0) is 25.1 Å². The van der Waals surface area contributed by atoms with Gasteiger partial charge in [0.2, 0.25) is 4.38 Å². The first-order valence-electron chi connectivity index (χ1n) is 4.28. The van der Waals surface area contributed by atoms with Crippen molar-refractivity contribution >= 4 is 29.2 Å². The first-order chi connectivity index (χ1) is 5.70. The van der Waals surface area contributed by atoms with Gasteiger partial charge in [0.1, 0.15) is 6.73 Å². The normalized spacial score (nSPS) is 10.3. The van der Waals surface area contributed by atoms with Crippen molar-refractivity contribution in [3.63, 3.8) is 0 Å². The third kappa shape index (κ3) is 6.88. The van der Waals surface area contributed by atoms with Crippen LogP contribution >= 0.6 is 24.8 Å². The Labute approximate surface area is 85.7 Å². The molecular weight excluding hydrogens is 190 g/mol. The standard InChI is InChI=1S/C8H17NOS2/c1-3-5-9(6-4-2)7-10-8(11)12/h3-7H2,1-2H3,(H,11,12). The topological polar surface area (TPSA) is 12.5 Å². The Bertz CT molecular complexity index is 124. The molecule has 0 bridgehead atoms. The molecule has 0 atom stereocenters. The second kappa shape index (κ2) is 7.83. The van der Waals surface area contributed by atoms with E-state index in [9.17, 15) is 0 Å². The predicted molar refractivity (Wildman–Crippen MR) is 59.7 cm³/mol. The maximum Gasteiger partial charge on any atom is 0.218 e. The lowest BCUT2D eigenvalue weighted by atomic mass is 10.4. The Morgan fingerprint density at radius 3 is 2.17 bits per heavy atom. The maximum atomic E-state index is 5.13. The fourth-order valence-corrected chi connectivity index (χ4v) is 1.13. The number of rotatable bonds is 6. The summed E-state index contributed by atoms with van der Waals surface area (Å²) in [5.41, 5.74) is 0. The molecule has 0 rings (SSSR count). The van der Waals surface area contributed by atoms with Crippen LogP contribution in [-0.2, 0) is 4.74 Å². The lowest BCUT2D eigenvalue weighted by molar-refractivity contribution is 0.124. The van der Waals surface area contributed by atoms with Crippen LogP contribution in [0.4, 0.5) is 0 Å². The van der Waals surface area contributed by atoms with Crippen LogP contribution < -0.4 is 0 Å². The van der Waals surface area contributed by atoms with E-state index < -0.39 is 0 Å². The molecule has 0 aromatic carbocycles. The van der Waals surface area contributed by atoms with Crippen LogP contribution in [0.25, 0.3) is 0 Å². The summed E-state index contributed by atoms with van der Waals surface area (Å²) < 4.78 is 5.46. The van der Waals surface area contributed by atoms with Crippen molar-refractivity contribution in [3.8, 4) is 0 Å². The molecule has 0 heterocycles. The number of hydrogen-bond donors (Lipinski definition) is 1. The van der Waals surface area contributed by atoms with Crippen molar-refractivity contribution in [2.24, 2.45) is 0 Å². The highest BCUT2D eigenvalue weighted by Gasteiger charge is 2.02. The minimum atomic E-state index is 0.326. The van der Waals surface area contributed by atoms with Gasteiger partial charge in [-0.1, -0.05) is 26.5 Å². The molecule has 0 amide bonds. The molecule has 2 nitrogen and oxygen atoms in total. The molecule has 0 saturated carbocycles. The lowest BCUT2D eigenvalue weighted by Gasteiger charge is -2.20. The molecule has 0 N–H and O–H groups in total. The number of nitrogens with zero attached hydrogens (tertiary/aromatic N) is 1. The van der Waals surface area contributed by atoms with Gasteiger partial charge >= 0.3 is 0 Å². The van der Waals surface area contributed by atoms with Crippen LogP contribution in [0.15, 0.2) is 0 Å².